The van der Waals surface area contributed by atoms with Crippen LogP contribution in [0.15, 0.2) is 24.3 Å². The first kappa shape index (κ1) is 15.5. The van der Waals surface area contributed by atoms with Crippen LogP contribution in [0.25, 0.3) is 0 Å². The van der Waals surface area contributed by atoms with Crippen LogP contribution in [0.4, 0.5) is 0 Å². The first-order valence-corrected chi connectivity index (χ1v) is 6.82. The fourth-order valence-corrected chi connectivity index (χ4v) is 1.79. The van der Waals surface area contributed by atoms with Gasteiger partial charge in [-0.1, -0.05) is 19.1 Å². The van der Waals surface area contributed by atoms with Crippen LogP contribution in [0.3, 0.4) is 0 Å². The highest BCUT2D eigenvalue weighted by atomic mass is 16.5. The second-order valence-corrected chi connectivity index (χ2v) is 4.60. The third kappa shape index (κ3) is 6.25. The van der Waals surface area contributed by atoms with Crippen LogP contribution in [0.5, 0.6) is 5.75 Å². The van der Waals surface area contributed by atoms with Crippen molar-refractivity contribution in [3.8, 4) is 5.75 Å². The maximum Gasteiger partial charge on any atom is 0.234 e. The molecule has 0 aliphatic rings. The van der Waals surface area contributed by atoms with Gasteiger partial charge >= 0.3 is 0 Å². The minimum Gasteiger partial charge on any atom is -0.494 e. The van der Waals surface area contributed by atoms with Crippen molar-refractivity contribution >= 4 is 5.91 Å². The minimum absolute atomic E-state index is 0.0790. The van der Waals surface area contributed by atoms with E-state index in [2.05, 4.69) is 5.32 Å². The molecule has 0 atom stereocenters. The van der Waals surface area contributed by atoms with Crippen molar-refractivity contribution in [3.63, 3.8) is 0 Å². The molecule has 0 heterocycles. The molecule has 0 aliphatic carbocycles. The monoisotopic (exact) mass is 264 g/mol. The van der Waals surface area contributed by atoms with E-state index in [-0.39, 0.29) is 5.91 Å². The molecule has 0 aromatic heterocycles. The molecule has 1 rings (SSSR count). The van der Waals surface area contributed by atoms with Crippen LogP contribution in [0.1, 0.15) is 25.8 Å². The molecule has 19 heavy (non-hydrogen) atoms. The summed E-state index contributed by atoms with van der Waals surface area (Å²) < 4.78 is 5.40. The lowest BCUT2D eigenvalue weighted by atomic mass is 10.2. The highest BCUT2D eigenvalue weighted by Gasteiger charge is 2.06. The van der Waals surface area contributed by atoms with E-state index in [0.29, 0.717) is 13.2 Å². The first-order chi connectivity index (χ1) is 9.15. The van der Waals surface area contributed by atoms with Crippen LogP contribution in [0, 0.1) is 0 Å². The molecular formula is C15H24N2O2. The maximum atomic E-state index is 11.6. The maximum absolute atomic E-state index is 11.6. The van der Waals surface area contributed by atoms with Gasteiger partial charge in [0.25, 0.3) is 0 Å². The van der Waals surface area contributed by atoms with Crippen molar-refractivity contribution in [1.82, 2.24) is 10.2 Å². The molecule has 1 aromatic carbocycles. The van der Waals surface area contributed by atoms with Crippen molar-refractivity contribution in [1.29, 1.82) is 0 Å². The van der Waals surface area contributed by atoms with Gasteiger partial charge in [0.2, 0.25) is 5.91 Å². The molecule has 1 aromatic rings. The number of hydrogen-bond donors (Lipinski definition) is 1. The van der Waals surface area contributed by atoms with Crippen LogP contribution in [0.2, 0.25) is 0 Å². The van der Waals surface area contributed by atoms with Crippen LogP contribution < -0.4 is 10.1 Å². The van der Waals surface area contributed by atoms with E-state index in [1.54, 1.807) is 0 Å². The smallest absolute Gasteiger partial charge is 0.234 e. The van der Waals surface area contributed by atoms with Crippen molar-refractivity contribution in [2.24, 2.45) is 0 Å². The van der Waals surface area contributed by atoms with Gasteiger partial charge in [0, 0.05) is 13.1 Å². The molecule has 0 saturated heterocycles. The lowest BCUT2D eigenvalue weighted by Gasteiger charge is -2.16. The third-order valence-corrected chi connectivity index (χ3v) is 2.67. The van der Waals surface area contributed by atoms with Gasteiger partial charge < -0.3 is 10.1 Å². The van der Waals surface area contributed by atoms with E-state index in [1.807, 2.05) is 50.1 Å². The summed E-state index contributed by atoms with van der Waals surface area (Å²) in [5, 5.41) is 2.87. The Hall–Kier alpha value is -1.55. The van der Waals surface area contributed by atoms with E-state index in [4.69, 9.17) is 4.74 Å². The standard InChI is InChI=1S/C15H24N2O2/c1-4-10-16-15(18)12-17(3)11-13-6-8-14(9-7-13)19-5-2/h6-9H,4-5,10-12H2,1-3H3,(H,16,18). The van der Waals surface area contributed by atoms with E-state index < -0.39 is 0 Å². The van der Waals surface area contributed by atoms with Gasteiger partial charge in [-0.25, -0.2) is 0 Å². The van der Waals surface area contributed by atoms with Gasteiger partial charge in [-0.2, -0.15) is 0 Å². The van der Waals surface area contributed by atoms with E-state index in [0.717, 1.165) is 25.3 Å². The molecule has 0 bridgehead atoms. The highest BCUT2D eigenvalue weighted by Crippen LogP contribution is 2.13. The Kier molecular flexibility index (Phi) is 6.97. The van der Waals surface area contributed by atoms with Crippen molar-refractivity contribution in [3.05, 3.63) is 29.8 Å². The second-order valence-electron chi connectivity index (χ2n) is 4.60. The summed E-state index contributed by atoms with van der Waals surface area (Å²) in [6, 6.07) is 7.99. The van der Waals surface area contributed by atoms with Crippen LogP contribution in [-0.2, 0) is 11.3 Å². The Morgan fingerprint density at radius 1 is 1.26 bits per heavy atom. The molecule has 0 radical (unpaired) electrons. The Morgan fingerprint density at radius 3 is 2.53 bits per heavy atom. The number of carbonyl (C=O) groups excluding carboxylic acids is 1. The lowest BCUT2D eigenvalue weighted by molar-refractivity contribution is -0.122. The number of nitrogens with one attached hydrogen (secondary N) is 1. The van der Waals surface area contributed by atoms with Gasteiger partial charge in [0.1, 0.15) is 5.75 Å². The number of likely N-dealkylation sites (N-methyl/N-ethyl adjacent to an activating group) is 1. The zero-order valence-corrected chi connectivity index (χ0v) is 12.1. The summed E-state index contributed by atoms with van der Waals surface area (Å²) in [4.78, 5) is 13.6. The summed E-state index contributed by atoms with van der Waals surface area (Å²) in [6.45, 7) is 6.62. The number of amides is 1. The molecule has 4 heteroatoms. The zero-order chi connectivity index (χ0) is 14.1. The van der Waals surface area contributed by atoms with Crippen molar-refractivity contribution in [2.75, 3.05) is 26.7 Å². The largest absolute Gasteiger partial charge is 0.494 e. The molecule has 106 valence electrons. The summed E-state index contributed by atoms with van der Waals surface area (Å²) >= 11 is 0. The molecule has 0 spiro atoms. The molecule has 4 nitrogen and oxygen atoms in total. The molecule has 1 amide bonds. The number of rotatable bonds is 8. The molecule has 0 aliphatic heterocycles. The van der Waals surface area contributed by atoms with Crippen molar-refractivity contribution in [2.45, 2.75) is 26.8 Å². The summed E-state index contributed by atoms with van der Waals surface area (Å²) in [7, 11) is 1.95. The number of carbonyl (C=O) groups is 1. The average Bonchev–Trinajstić information content (AvgIpc) is 2.39. The fraction of sp³-hybridized carbons (Fsp3) is 0.533. The summed E-state index contributed by atoms with van der Waals surface area (Å²) in [5.41, 5.74) is 1.18. The van der Waals surface area contributed by atoms with Crippen LogP contribution >= 0.6 is 0 Å². The molecular weight excluding hydrogens is 240 g/mol. The van der Waals surface area contributed by atoms with Gasteiger partial charge in [-0.3, -0.25) is 9.69 Å². The van der Waals surface area contributed by atoms with Gasteiger partial charge in [-0.05, 0) is 38.1 Å². The SMILES string of the molecule is CCCNC(=O)CN(C)Cc1ccc(OCC)cc1. The predicted molar refractivity (Wildman–Crippen MR) is 77.2 cm³/mol. The van der Waals surface area contributed by atoms with Gasteiger partial charge in [-0.15, -0.1) is 0 Å². The number of nitrogens with zero attached hydrogens (tertiary/aromatic N) is 1. The van der Waals surface area contributed by atoms with E-state index in [1.165, 1.54) is 5.56 Å². The molecule has 0 fully saturated rings. The lowest BCUT2D eigenvalue weighted by Crippen LogP contribution is -2.35. The number of hydrogen-bond acceptors (Lipinski definition) is 3. The van der Waals surface area contributed by atoms with Gasteiger partial charge in [0.15, 0.2) is 0 Å². The normalized spacial score (nSPS) is 10.5. The first-order valence-electron chi connectivity index (χ1n) is 6.82. The second kappa shape index (κ2) is 8.53. The Labute approximate surface area is 115 Å². The number of benzene rings is 1. The average molecular weight is 264 g/mol. The van der Waals surface area contributed by atoms with Gasteiger partial charge in [0.05, 0.1) is 13.2 Å². The Balaban J connectivity index is 2.39. The quantitative estimate of drug-likeness (QED) is 0.781. The summed E-state index contributed by atoms with van der Waals surface area (Å²) in [6.07, 6.45) is 0.967. The van der Waals surface area contributed by atoms with Crippen molar-refractivity contribution < 1.29 is 9.53 Å². The Bertz CT molecular complexity index is 376. The summed E-state index contributed by atoms with van der Waals surface area (Å²) in [5.74, 6) is 0.963. The molecule has 0 saturated carbocycles. The fourth-order valence-electron chi connectivity index (χ4n) is 1.79. The highest BCUT2D eigenvalue weighted by molar-refractivity contribution is 5.77. The van der Waals surface area contributed by atoms with Crippen LogP contribution in [-0.4, -0.2) is 37.6 Å². The number of ether oxygens (including phenoxy) is 1. The Morgan fingerprint density at radius 2 is 1.95 bits per heavy atom. The van der Waals surface area contributed by atoms with E-state index in [9.17, 15) is 4.79 Å². The third-order valence-electron chi connectivity index (χ3n) is 2.67. The predicted octanol–water partition coefficient (Wildman–Crippen LogP) is 2.04. The molecule has 0 unspecified atom stereocenters. The van der Waals surface area contributed by atoms with E-state index >= 15 is 0 Å². The minimum atomic E-state index is 0.0790. The molecule has 1 N–H and O–H groups in total. The zero-order valence-electron chi connectivity index (χ0n) is 12.1. The topological polar surface area (TPSA) is 41.6 Å².